The maximum Gasteiger partial charge on any atom is 0.490 e. The Morgan fingerprint density at radius 2 is 1.78 bits per heavy atom. The first-order chi connectivity index (χ1) is 20.9. The molecule has 1 saturated heterocycles. The lowest BCUT2D eigenvalue weighted by molar-refractivity contribution is -0.0449. The van der Waals surface area contributed by atoms with E-state index in [1.165, 1.54) is 12.1 Å². The van der Waals surface area contributed by atoms with Gasteiger partial charge in [0.1, 0.15) is 23.7 Å². The lowest BCUT2D eigenvalue weighted by Gasteiger charge is -2.19. The van der Waals surface area contributed by atoms with Crippen molar-refractivity contribution in [2.24, 2.45) is 0 Å². The summed E-state index contributed by atoms with van der Waals surface area (Å²) in [4.78, 5) is 67.6. The van der Waals surface area contributed by atoms with Crippen LogP contribution in [0.25, 0.3) is 33.7 Å². The number of nitrogens with zero attached hydrogens (tertiary/aromatic N) is 2. The molecule has 0 saturated carbocycles. The number of fused-ring (bicyclic) bond motifs is 1. The number of anilines is 1. The highest BCUT2D eigenvalue weighted by Crippen LogP contribution is 2.66. The van der Waals surface area contributed by atoms with Gasteiger partial charge in [-0.05, 0) is 30.3 Å². The van der Waals surface area contributed by atoms with Crippen molar-refractivity contribution in [3.8, 4) is 22.6 Å². The van der Waals surface area contributed by atoms with Crippen LogP contribution in [0.15, 0.2) is 56.6 Å². The molecule has 2 unspecified atom stereocenters. The van der Waals surface area contributed by atoms with E-state index in [-0.39, 0.29) is 29.0 Å². The van der Waals surface area contributed by atoms with Crippen LogP contribution in [-0.2, 0) is 31.6 Å². The number of halogens is 1. The molecule has 19 nitrogen and oxygen atoms in total. The molecule has 1 fully saturated rings. The number of aliphatic hydroxyl groups excluding tert-OH is 1. The van der Waals surface area contributed by atoms with E-state index in [1.807, 2.05) is 4.98 Å². The first kappa shape index (κ1) is 33.0. The third kappa shape index (κ3) is 7.73. The quantitative estimate of drug-likeness (QED) is 0.0918. The van der Waals surface area contributed by atoms with Crippen LogP contribution in [0.4, 0.5) is 10.1 Å². The van der Waals surface area contributed by atoms with Gasteiger partial charge in [-0.3, -0.25) is 18.9 Å². The molecule has 45 heavy (non-hydrogen) atoms. The molecule has 1 aliphatic heterocycles. The fourth-order valence-corrected chi connectivity index (χ4v) is 7.36. The maximum atomic E-state index is 15.3. The number of oxazole rings is 1. The SMILES string of the molecule is Nc1ccc2oc(-c3ccc(-c4cn([C@H]5C[C@H](O)[C@@H](COP(=O)(O)OP(=O)(O)OP(=O)(O)O)O5)c(=O)[nH]c4=O)c(F)c3)nc2c1. The van der Waals surface area contributed by atoms with E-state index in [4.69, 9.17) is 24.7 Å². The summed E-state index contributed by atoms with van der Waals surface area (Å²) in [6.45, 7) is -0.995. The lowest BCUT2D eigenvalue weighted by Crippen LogP contribution is -2.33. The van der Waals surface area contributed by atoms with Crippen LogP contribution in [0.1, 0.15) is 12.6 Å². The predicted molar refractivity (Wildman–Crippen MR) is 148 cm³/mol. The van der Waals surface area contributed by atoms with Gasteiger partial charge in [-0.15, -0.1) is 0 Å². The summed E-state index contributed by atoms with van der Waals surface area (Å²) in [5, 5.41) is 10.4. The Labute approximate surface area is 249 Å². The van der Waals surface area contributed by atoms with Crippen LogP contribution in [0.5, 0.6) is 0 Å². The fraction of sp³-hybridized carbons (Fsp3) is 0.227. The Morgan fingerprint density at radius 3 is 2.47 bits per heavy atom. The number of aromatic amines is 1. The van der Waals surface area contributed by atoms with Crippen LogP contribution in [0.2, 0.25) is 0 Å². The van der Waals surface area contributed by atoms with Gasteiger partial charge in [0, 0.05) is 29.4 Å². The first-order valence-corrected chi connectivity index (χ1v) is 16.9. The van der Waals surface area contributed by atoms with Crippen molar-refractivity contribution in [2.45, 2.75) is 24.9 Å². The number of ether oxygens (including phenoxy) is 1. The molecule has 5 atom stereocenters. The molecule has 4 aromatic rings. The number of nitrogens with one attached hydrogen (secondary N) is 1. The van der Waals surface area contributed by atoms with Crippen molar-refractivity contribution in [1.82, 2.24) is 14.5 Å². The highest BCUT2D eigenvalue weighted by atomic mass is 31.3. The van der Waals surface area contributed by atoms with Gasteiger partial charge in [-0.2, -0.15) is 8.62 Å². The summed E-state index contributed by atoms with van der Waals surface area (Å²) >= 11 is 0. The Hall–Kier alpha value is -3.35. The number of hydrogen-bond acceptors (Lipinski definition) is 13. The van der Waals surface area contributed by atoms with Crippen LogP contribution in [0, 0.1) is 5.82 Å². The highest BCUT2D eigenvalue weighted by Gasteiger charge is 2.43. The Kier molecular flexibility index (Phi) is 8.89. The number of phosphoric ester groups is 1. The van der Waals surface area contributed by atoms with Crippen molar-refractivity contribution in [3.05, 3.63) is 69.3 Å². The maximum absolute atomic E-state index is 15.3. The molecular formula is C22H22FN4O15P3. The number of phosphoric acid groups is 3. The molecule has 0 aliphatic carbocycles. The van der Waals surface area contributed by atoms with E-state index >= 15 is 4.39 Å². The van der Waals surface area contributed by atoms with Gasteiger partial charge >= 0.3 is 29.2 Å². The monoisotopic (exact) mass is 694 g/mol. The molecule has 5 rings (SSSR count). The number of nitrogen functional groups attached to an aromatic ring is 1. The van der Waals surface area contributed by atoms with Crippen LogP contribution in [0.3, 0.4) is 0 Å². The summed E-state index contributed by atoms with van der Waals surface area (Å²) in [5.74, 6) is -0.804. The zero-order chi connectivity index (χ0) is 32.9. The van der Waals surface area contributed by atoms with Crippen molar-refractivity contribution < 1.29 is 65.1 Å². The molecule has 0 radical (unpaired) electrons. The topological polar surface area (TPSA) is 296 Å². The van der Waals surface area contributed by atoms with Gasteiger partial charge in [0.15, 0.2) is 5.58 Å². The summed E-state index contributed by atoms with van der Waals surface area (Å²) in [6, 6.07) is 8.52. The van der Waals surface area contributed by atoms with Gasteiger partial charge in [0.25, 0.3) is 5.56 Å². The normalized spacial score (nSPS) is 21.5. The van der Waals surface area contributed by atoms with E-state index in [2.05, 4.69) is 18.1 Å². The first-order valence-electron chi connectivity index (χ1n) is 12.3. The molecule has 2 aromatic heterocycles. The number of benzene rings is 2. The van der Waals surface area contributed by atoms with Gasteiger partial charge in [0.05, 0.1) is 18.3 Å². The lowest BCUT2D eigenvalue weighted by atomic mass is 10.1. The molecule has 242 valence electrons. The molecule has 8 N–H and O–H groups in total. The van der Waals surface area contributed by atoms with Crippen LogP contribution in [-0.4, -0.2) is 58.0 Å². The second-order valence-corrected chi connectivity index (χ2v) is 13.9. The van der Waals surface area contributed by atoms with Crippen molar-refractivity contribution in [2.75, 3.05) is 12.3 Å². The molecular weight excluding hydrogens is 672 g/mol. The number of rotatable bonds is 10. The zero-order valence-electron chi connectivity index (χ0n) is 22.2. The van der Waals surface area contributed by atoms with E-state index < -0.39 is 65.6 Å². The molecule has 3 heterocycles. The minimum Gasteiger partial charge on any atom is -0.436 e. The van der Waals surface area contributed by atoms with Gasteiger partial charge in [0.2, 0.25) is 5.89 Å². The average Bonchev–Trinajstić information content (AvgIpc) is 3.48. The molecule has 0 spiro atoms. The molecule has 2 aromatic carbocycles. The van der Waals surface area contributed by atoms with Crippen LogP contribution >= 0.6 is 23.5 Å². The summed E-state index contributed by atoms with van der Waals surface area (Å²) in [7, 11) is -16.9. The fourth-order valence-electron chi connectivity index (χ4n) is 4.33. The minimum atomic E-state index is -5.78. The highest BCUT2D eigenvalue weighted by molar-refractivity contribution is 7.66. The largest absolute Gasteiger partial charge is 0.490 e. The Morgan fingerprint density at radius 1 is 1.04 bits per heavy atom. The van der Waals surface area contributed by atoms with Crippen molar-refractivity contribution in [3.63, 3.8) is 0 Å². The number of aromatic nitrogens is 3. The Balaban J connectivity index is 1.33. The van der Waals surface area contributed by atoms with Crippen molar-refractivity contribution >= 4 is 40.3 Å². The predicted octanol–water partition coefficient (Wildman–Crippen LogP) is 1.72. The average molecular weight is 694 g/mol. The van der Waals surface area contributed by atoms with Gasteiger partial charge in [-0.1, -0.05) is 6.07 Å². The van der Waals surface area contributed by atoms with Gasteiger partial charge in [-0.25, -0.2) is 27.9 Å². The van der Waals surface area contributed by atoms with Crippen molar-refractivity contribution in [1.29, 1.82) is 0 Å². The second kappa shape index (κ2) is 12.1. The molecule has 0 amide bonds. The van der Waals surface area contributed by atoms with Crippen LogP contribution < -0.4 is 17.0 Å². The van der Waals surface area contributed by atoms with E-state index in [9.17, 15) is 38.2 Å². The van der Waals surface area contributed by atoms with E-state index in [0.29, 0.717) is 16.8 Å². The molecule has 23 heteroatoms. The summed E-state index contributed by atoms with van der Waals surface area (Å²) in [6.07, 6.45) is -3.65. The molecule has 1 aliphatic rings. The number of hydrogen-bond donors (Lipinski definition) is 7. The summed E-state index contributed by atoms with van der Waals surface area (Å²) < 4.78 is 73.2. The Bertz CT molecular complexity index is 2040. The number of nitrogens with two attached hydrogens (primary N) is 1. The standard InChI is InChI=1S/C22H22FN4O15P3/c23-14-5-10(21-25-15-6-11(24)2-4-17(15)40-21)1-3-12(14)13-8-27(22(30)26-20(13)29)19-7-16(28)18(39-19)9-38-44(34,35)42-45(36,37)41-43(31,32)33/h1-6,8,16,18-19,28H,7,9,24H2,(H,34,35)(H,36,37)(H,26,29,30)(H2,31,32,33)/t16-,18+,19+/m0/s1. The minimum absolute atomic E-state index is 0.0792. The van der Waals surface area contributed by atoms with Gasteiger partial charge < -0.3 is 39.6 Å². The van der Waals surface area contributed by atoms with E-state index in [1.54, 1.807) is 18.2 Å². The third-order valence-electron chi connectivity index (χ3n) is 6.22. The molecule has 0 bridgehead atoms. The summed E-state index contributed by atoms with van der Waals surface area (Å²) in [5.41, 5.74) is 4.78. The second-order valence-electron chi connectivity index (χ2n) is 9.47. The smallest absolute Gasteiger partial charge is 0.436 e. The number of H-pyrrole nitrogens is 1. The number of aliphatic hydroxyl groups is 1. The van der Waals surface area contributed by atoms with E-state index in [0.717, 1.165) is 16.8 Å². The zero-order valence-corrected chi connectivity index (χ0v) is 24.9. The third-order valence-corrected chi connectivity index (χ3v) is 10.0.